The lowest BCUT2D eigenvalue weighted by Crippen LogP contribution is -2.57. The highest BCUT2D eigenvalue weighted by molar-refractivity contribution is 6.12. The fraction of sp³-hybridized carbons (Fsp3) is 0.476. The molecule has 7 rings (SSSR count). The van der Waals surface area contributed by atoms with Crippen LogP contribution in [0.2, 0.25) is 0 Å². The van der Waals surface area contributed by atoms with Crippen molar-refractivity contribution in [3.8, 4) is 11.1 Å². The maximum atomic E-state index is 13.6. The Kier molecular flexibility index (Phi) is 9.09. The second kappa shape index (κ2) is 13.2. The third-order valence-corrected chi connectivity index (χ3v) is 10.8. The van der Waals surface area contributed by atoms with Crippen molar-refractivity contribution in [2.75, 3.05) is 6.61 Å². The summed E-state index contributed by atoms with van der Waals surface area (Å²) in [6.07, 6.45) is 0.526. The molecule has 4 aliphatic rings. The number of esters is 1. The van der Waals surface area contributed by atoms with Crippen LogP contribution in [0.5, 0.6) is 0 Å². The minimum Gasteiger partial charge on any atom is -0.479 e. The number of hydrogen-bond donors (Lipinski definition) is 1. The first kappa shape index (κ1) is 37.1. The molecule has 3 aromatic carbocycles. The van der Waals surface area contributed by atoms with Crippen LogP contribution in [0.3, 0.4) is 0 Å². The van der Waals surface area contributed by atoms with E-state index in [0.29, 0.717) is 29.4 Å². The minimum atomic E-state index is -1.69. The predicted octanol–water partition coefficient (Wildman–Crippen LogP) is 7.06. The lowest BCUT2D eigenvalue weighted by Gasteiger charge is -2.37. The number of likely N-dealkylation sites (tertiary alicyclic amines) is 2. The Labute approximate surface area is 313 Å². The van der Waals surface area contributed by atoms with Crippen molar-refractivity contribution in [3.63, 3.8) is 0 Å². The van der Waals surface area contributed by atoms with Crippen molar-refractivity contribution in [1.29, 1.82) is 0 Å². The van der Waals surface area contributed by atoms with E-state index in [1.54, 1.807) is 77.9 Å². The number of carbonyl (C=O) groups is 6. The second-order valence-corrected chi connectivity index (χ2v) is 17.1. The van der Waals surface area contributed by atoms with E-state index in [-0.39, 0.29) is 36.8 Å². The predicted molar refractivity (Wildman–Crippen MR) is 197 cm³/mol. The molecule has 284 valence electrons. The zero-order valence-electron chi connectivity index (χ0n) is 31.4. The Hall–Kier alpha value is -5.26. The third kappa shape index (κ3) is 7.05. The van der Waals surface area contributed by atoms with Gasteiger partial charge in [0.25, 0.3) is 0 Å². The van der Waals surface area contributed by atoms with Gasteiger partial charge in [0.1, 0.15) is 17.2 Å². The fourth-order valence-electron chi connectivity index (χ4n) is 8.22. The summed E-state index contributed by atoms with van der Waals surface area (Å²) in [4.78, 5) is 81.9. The molecule has 6 atom stereocenters. The zero-order valence-corrected chi connectivity index (χ0v) is 31.4. The number of carbonyl (C=O) groups excluding carboxylic acids is 5. The van der Waals surface area contributed by atoms with E-state index in [2.05, 4.69) is 0 Å². The Morgan fingerprint density at radius 3 is 2.04 bits per heavy atom. The minimum absolute atomic E-state index is 0.0197. The molecule has 2 amide bonds. The van der Waals surface area contributed by atoms with E-state index in [9.17, 15) is 33.9 Å². The number of ketones is 2. The Bertz CT molecular complexity index is 2060. The van der Waals surface area contributed by atoms with Crippen LogP contribution in [0.4, 0.5) is 9.59 Å². The monoisotopic (exact) mass is 738 g/mol. The van der Waals surface area contributed by atoms with Gasteiger partial charge in [0.2, 0.25) is 5.78 Å². The molecule has 4 fully saturated rings. The van der Waals surface area contributed by atoms with E-state index in [0.717, 1.165) is 22.9 Å². The van der Waals surface area contributed by atoms with Gasteiger partial charge in [-0.1, -0.05) is 60.7 Å². The number of nitrogens with zero attached hydrogens (tertiary/aromatic N) is 2. The Morgan fingerprint density at radius 1 is 0.741 bits per heavy atom. The first-order valence-corrected chi connectivity index (χ1v) is 18.5. The van der Waals surface area contributed by atoms with E-state index in [4.69, 9.17) is 14.2 Å². The molecule has 54 heavy (non-hydrogen) atoms. The van der Waals surface area contributed by atoms with Crippen molar-refractivity contribution in [1.82, 2.24) is 9.80 Å². The first-order chi connectivity index (χ1) is 25.4. The van der Waals surface area contributed by atoms with Crippen molar-refractivity contribution in [3.05, 3.63) is 71.8 Å². The number of Topliss-reactive ketones (excluding diaryl/α,β-unsaturated/α-hetero) is 2. The maximum absolute atomic E-state index is 13.6. The standard InChI is InChI=1S/C42H46N2O10/c1-40(2,3)53-38(50)43-31-17-25(31)18-33(43)36(47)52-22-35(46)30-12-8-10-28-27(9-7-11-29(28)30)23-13-15-24(16-14-23)34(45)21-42(37(48)49)20-26-19-32(26)44(42)39(51)54-41(4,5)6/h7-16,25-26,31-33H,17-22H2,1-6H3,(H,48,49)/t25-,26?,31-,32?,33+,42?/m1/s1. The summed E-state index contributed by atoms with van der Waals surface area (Å²) in [7, 11) is 0. The van der Waals surface area contributed by atoms with Gasteiger partial charge >= 0.3 is 24.1 Å². The highest BCUT2D eigenvalue weighted by Crippen LogP contribution is 2.55. The zero-order chi connectivity index (χ0) is 38.9. The third-order valence-electron chi connectivity index (χ3n) is 10.8. The largest absolute Gasteiger partial charge is 0.479 e. The van der Waals surface area contributed by atoms with Crippen LogP contribution < -0.4 is 0 Å². The average Bonchev–Trinajstić information content (AvgIpc) is 3.97. The summed E-state index contributed by atoms with van der Waals surface area (Å²) in [5, 5.41) is 11.8. The highest BCUT2D eigenvalue weighted by Gasteiger charge is 2.66. The summed E-state index contributed by atoms with van der Waals surface area (Å²) >= 11 is 0. The number of piperidine rings is 2. The number of hydrogen-bond acceptors (Lipinski definition) is 9. The number of benzene rings is 3. The number of fused-ring (bicyclic) bond motifs is 3. The molecular formula is C42H46N2O10. The highest BCUT2D eigenvalue weighted by atomic mass is 16.6. The number of amides is 2. The quantitative estimate of drug-likeness (QED) is 0.137. The Morgan fingerprint density at radius 2 is 1.37 bits per heavy atom. The summed E-state index contributed by atoms with van der Waals surface area (Å²) in [6.45, 7) is 9.96. The van der Waals surface area contributed by atoms with Gasteiger partial charge in [0, 0.05) is 29.6 Å². The molecule has 0 bridgehead atoms. The molecule has 3 aromatic rings. The molecule has 0 spiro atoms. The molecule has 2 saturated heterocycles. The van der Waals surface area contributed by atoms with Gasteiger partial charge in [-0.05, 0) is 101 Å². The first-order valence-electron chi connectivity index (χ1n) is 18.5. The van der Waals surface area contributed by atoms with Gasteiger partial charge in [0.05, 0.1) is 0 Å². The SMILES string of the molecule is CC(C)(C)OC(=O)N1[C@@H]2C[C@@H]2C[C@H]1C(=O)OCC(=O)c1cccc2c(-c3ccc(C(=O)CC4(C(=O)O)CC5CC5N4C(=O)OC(C)(C)C)cc3)cccc12. The van der Waals surface area contributed by atoms with Crippen molar-refractivity contribution >= 4 is 46.5 Å². The van der Waals surface area contributed by atoms with Gasteiger partial charge < -0.3 is 19.3 Å². The summed E-state index contributed by atoms with van der Waals surface area (Å²) < 4.78 is 16.6. The molecule has 1 N–H and O–H groups in total. The van der Waals surface area contributed by atoms with Gasteiger partial charge in [-0.25, -0.2) is 19.2 Å². The van der Waals surface area contributed by atoms with E-state index in [1.165, 1.54) is 9.80 Å². The lowest BCUT2D eigenvalue weighted by molar-refractivity contribution is -0.150. The molecule has 12 nitrogen and oxygen atoms in total. The maximum Gasteiger partial charge on any atom is 0.411 e. The Balaban J connectivity index is 1.05. The van der Waals surface area contributed by atoms with Crippen LogP contribution in [-0.4, -0.2) is 92.1 Å². The molecule has 3 unspecified atom stereocenters. The van der Waals surface area contributed by atoms with Crippen LogP contribution >= 0.6 is 0 Å². The molecule has 2 aliphatic heterocycles. The number of aliphatic carboxylic acids is 1. The average molecular weight is 739 g/mol. The number of ether oxygens (including phenoxy) is 3. The van der Waals surface area contributed by atoms with Crippen LogP contribution in [-0.2, 0) is 23.8 Å². The van der Waals surface area contributed by atoms with Crippen molar-refractivity contribution in [2.24, 2.45) is 11.8 Å². The van der Waals surface area contributed by atoms with Crippen molar-refractivity contribution in [2.45, 2.75) is 109 Å². The van der Waals surface area contributed by atoms with E-state index in [1.807, 2.05) is 24.3 Å². The molecule has 2 saturated carbocycles. The molecular weight excluding hydrogens is 692 g/mol. The number of carboxylic acid groups (broad SMARTS) is 1. The smallest absolute Gasteiger partial charge is 0.411 e. The topological polar surface area (TPSA) is 157 Å². The van der Waals surface area contributed by atoms with Crippen molar-refractivity contribution < 1.29 is 48.1 Å². The van der Waals surface area contributed by atoms with Gasteiger partial charge in [-0.2, -0.15) is 0 Å². The number of rotatable bonds is 9. The summed E-state index contributed by atoms with van der Waals surface area (Å²) in [5.74, 6) is -2.40. The van der Waals surface area contributed by atoms with Crippen LogP contribution in [0.25, 0.3) is 21.9 Å². The normalized spacial score (nSPS) is 25.4. The molecule has 2 aliphatic carbocycles. The van der Waals surface area contributed by atoms with Gasteiger partial charge in [-0.3, -0.25) is 19.4 Å². The number of carboxylic acids is 1. The molecule has 0 radical (unpaired) electrons. The fourth-order valence-corrected chi connectivity index (χ4v) is 8.22. The molecule has 12 heteroatoms. The van der Waals surface area contributed by atoms with E-state index < -0.39 is 65.1 Å². The van der Waals surface area contributed by atoms with Crippen LogP contribution in [0.15, 0.2) is 60.7 Å². The van der Waals surface area contributed by atoms with Gasteiger partial charge in [-0.15, -0.1) is 0 Å². The van der Waals surface area contributed by atoms with E-state index >= 15 is 0 Å². The molecule has 0 aromatic heterocycles. The lowest BCUT2D eigenvalue weighted by atomic mass is 9.85. The summed E-state index contributed by atoms with van der Waals surface area (Å²) in [6, 6.07) is 16.5. The van der Waals surface area contributed by atoms with Crippen LogP contribution in [0, 0.1) is 11.8 Å². The van der Waals surface area contributed by atoms with Crippen LogP contribution in [0.1, 0.15) is 94.4 Å². The second-order valence-electron chi connectivity index (χ2n) is 17.1. The van der Waals surface area contributed by atoms with Gasteiger partial charge in [0.15, 0.2) is 17.9 Å². The molecule has 2 heterocycles. The summed E-state index contributed by atoms with van der Waals surface area (Å²) in [5.41, 5.74) is -0.977.